The van der Waals surface area contributed by atoms with Gasteiger partial charge in [-0.3, -0.25) is 14.5 Å². The van der Waals surface area contributed by atoms with E-state index in [0.717, 1.165) is 0 Å². The van der Waals surface area contributed by atoms with Crippen LogP contribution in [0.2, 0.25) is 0 Å². The van der Waals surface area contributed by atoms with Gasteiger partial charge in [-0.15, -0.1) is 0 Å². The number of amides is 2. The number of carbonyl (C=O) groups is 3. The third kappa shape index (κ3) is 2.22. The van der Waals surface area contributed by atoms with Crippen LogP contribution in [0.3, 0.4) is 0 Å². The molecular formula is C12H7Cl2NO4. The van der Waals surface area contributed by atoms with Gasteiger partial charge in [-0.2, -0.15) is 0 Å². The van der Waals surface area contributed by atoms with Crippen LogP contribution in [0.4, 0.5) is 0 Å². The lowest BCUT2D eigenvalue weighted by molar-refractivity contribution is -0.153. The van der Waals surface area contributed by atoms with Crippen molar-refractivity contribution in [3.8, 4) is 0 Å². The van der Waals surface area contributed by atoms with Gasteiger partial charge in [0.15, 0.2) is 6.04 Å². The number of carboxylic acids is 1. The molecule has 1 aliphatic rings. The summed E-state index contributed by atoms with van der Waals surface area (Å²) in [5, 5.41) is 8.32. The minimum Gasteiger partial charge on any atom is -0.479 e. The molecule has 1 aromatic carbocycles. The number of nitrogens with zero attached hydrogens (tertiary/aromatic N) is 1. The minimum absolute atomic E-state index is 0.285. The molecule has 0 bridgehead atoms. The first-order chi connectivity index (χ1) is 8.95. The first-order valence-corrected chi connectivity index (χ1v) is 5.91. The molecule has 1 aliphatic heterocycles. The van der Waals surface area contributed by atoms with Crippen molar-refractivity contribution in [1.82, 2.24) is 4.90 Å². The normalized spacial score (nSPS) is 17.1. The number of halogens is 2. The number of benzene rings is 1. The molecule has 1 aromatic rings. The van der Waals surface area contributed by atoms with E-state index < -0.39 is 33.9 Å². The predicted molar refractivity (Wildman–Crippen MR) is 67.4 cm³/mol. The van der Waals surface area contributed by atoms with Crippen LogP contribution in [0.5, 0.6) is 0 Å². The maximum absolute atomic E-state index is 11.8. The molecular weight excluding hydrogens is 293 g/mol. The third-order valence-electron chi connectivity index (χ3n) is 2.61. The van der Waals surface area contributed by atoms with Crippen molar-refractivity contribution in [3.05, 3.63) is 46.0 Å². The van der Waals surface area contributed by atoms with Crippen LogP contribution in [0.1, 0.15) is 11.6 Å². The Kier molecular flexibility index (Phi) is 3.59. The van der Waals surface area contributed by atoms with E-state index in [9.17, 15) is 19.5 Å². The second-order valence-electron chi connectivity index (χ2n) is 3.76. The van der Waals surface area contributed by atoms with Gasteiger partial charge < -0.3 is 5.11 Å². The van der Waals surface area contributed by atoms with E-state index in [1.165, 1.54) is 12.1 Å². The van der Waals surface area contributed by atoms with E-state index in [0.29, 0.717) is 4.90 Å². The molecule has 0 radical (unpaired) electrons. The number of hydrogen-bond donors (Lipinski definition) is 1. The highest BCUT2D eigenvalue weighted by Crippen LogP contribution is 2.33. The Bertz CT molecular complexity index is 573. The maximum Gasteiger partial charge on any atom is 0.331 e. The van der Waals surface area contributed by atoms with Crippen molar-refractivity contribution < 1.29 is 19.5 Å². The van der Waals surface area contributed by atoms with Crippen LogP contribution in [0.25, 0.3) is 0 Å². The number of carbonyl (C=O) groups excluding carboxylic acids is 2. The van der Waals surface area contributed by atoms with Crippen LogP contribution < -0.4 is 0 Å². The summed E-state index contributed by atoms with van der Waals surface area (Å²) in [7, 11) is 0. The number of hydrogen-bond acceptors (Lipinski definition) is 3. The van der Waals surface area contributed by atoms with Gasteiger partial charge in [-0.1, -0.05) is 53.5 Å². The van der Waals surface area contributed by atoms with E-state index in [1.807, 2.05) is 0 Å². The molecule has 0 aliphatic carbocycles. The van der Waals surface area contributed by atoms with E-state index in [-0.39, 0.29) is 5.56 Å². The number of carboxylic acid groups (broad SMARTS) is 1. The summed E-state index contributed by atoms with van der Waals surface area (Å²) in [6.45, 7) is 0. The molecule has 0 saturated carbocycles. The zero-order valence-corrected chi connectivity index (χ0v) is 10.9. The summed E-state index contributed by atoms with van der Waals surface area (Å²) in [6.07, 6.45) is 0. The highest BCUT2D eigenvalue weighted by atomic mass is 35.5. The van der Waals surface area contributed by atoms with Gasteiger partial charge in [0, 0.05) is 0 Å². The number of aliphatic carboxylic acids is 1. The monoisotopic (exact) mass is 299 g/mol. The highest BCUT2D eigenvalue weighted by Gasteiger charge is 2.44. The van der Waals surface area contributed by atoms with Crippen molar-refractivity contribution in [3.63, 3.8) is 0 Å². The molecule has 0 aromatic heterocycles. The lowest BCUT2D eigenvalue weighted by Crippen LogP contribution is -2.39. The maximum atomic E-state index is 11.8. The van der Waals surface area contributed by atoms with Gasteiger partial charge in [-0.05, 0) is 5.56 Å². The summed E-state index contributed by atoms with van der Waals surface area (Å²) in [4.78, 5) is 35.5. The van der Waals surface area contributed by atoms with Gasteiger partial charge in [0.1, 0.15) is 10.1 Å². The fourth-order valence-electron chi connectivity index (χ4n) is 1.76. The summed E-state index contributed by atoms with van der Waals surface area (Å²) >= 11 is 11.2. The molecule has 2 amide bonds. The zero-order valence-electron chi connectivity index (χ0n) is 9.34. The average Bonchev–Trinajstić information content (AvgIpc) is 2.58. The fourth-order valence-corrected chi connectivity index (χ4v) is 2.11. The first kappa shape index (κ1) is 13.6. The van der Waals surface area contributed by atoms with Gasteiger partial charge in [-0.25, -0.2) is 4.79 Å². The predicted octanol–water partition coefficient (Wildman–Crippen LogP) is 1.87. The van der Waals surface area contributed by atoms with Crippen molar-refractivity contribution in [2.24, 2.45) is 0 Å². The van der Waals surface area contributed by atoms with Crippen LogP contribution in [-0.4, -0.2) is 27.8 Å². The molecule has 0 unspecified atom stereocenters. The Morgan fingerprint density at radius 2 is 1.53 bits per heavy atom. The Morgan fingerprint density at radius 3 is 1.95 bits per heavy atom. The summed E-state index contributed by atoms with van der Waals surface area (Å²) in [5.74, 6) is -3.16. The molecule has 1 heterocycles. The SMILES string of the molecule is O=C(O)[C@H](c1ccccc1)N1C(=O)C(Cl)=C(Cl)C1=O. The number of imide groups is 1. The molecule has 19 heavy (non-hydrogen) atoms. The topological polar surface area (TPSA) is 74.7 Å². The van der Waals surface area contributed by atoms with Gasteiger partial charge in [0.25, 0.3) is 11.8 Å². The van der Waals surface area contributed by atoms with Crippen molar-refractivity contribution in [2.45, 2.75) is 6.04 Å². The van der Waals surface area contributed by atoms with E-state index in [4.69, 9.17) is 23.2 Å². The summed E-state index contributed by atoms with van der Waals surface area (Å²) < 4.78 is 0. The van der Waals surface area contributed by atoms with Crippen molar-refractivity contribution in [1.29, 1.82) is 0 Å². The molecule has 1 N–H and O–H groups in total. The van der Waals surface area contributed by atoms with Crippen LogP contribution in [0, 0.1) is 0 Å². The minimum atomic E-state index is -1.45. The molecule has 98 valence electrons. The van der Waals surface area contributed by atoms with Crippen LogP contribution in [0.15, 0.2) is 40.4 Å². The Balaban J connectivity index is 2.47. The first-order valence-electron chi connectivity index (χ1n) is 5.16. The third-order valence-corrected chi connectivity index (χ3v) is 3.41. The molecule has 7 heteroatoms. The Hall–Kier alpha value is -1.85. The van der Waals surface area contributed by atoms with Crippen LogP contribution >= 0.6 is 23.2 Å². The molecule has 2 rings (SSSR count). The van der Waals surface area contributed by atoms with Crippen molar-refractivity contribution >= 4 is 41.0 Å². The molecule has 0 spiro atoms. The molecule has 0 fully saturated rings. The Labute approximate surface area is 118 Å². The largest absolute Gasteiger partial charge is 0.479 e. The zero-order chi connectivity index (χ0) is 14.2. The molecule has 0 saturated heterocycles. The standard InChI is InChI=1S/C12H7Cl2NO4/c13-7-8(14)11(17)15(10(7)16)9(12(18)19)6-4-2-1-3-5-6/h1-5,9H,(H,18,19)/t9-/m0/s1. The fraction of sp³-hybridized carbons (Fsp3) is 0.0833. The highest BCUT2D eigenvalue weighted by molar-refractivity contribution is 6.58. The second kappa shape index (κ2) is 5.03. The Morgan fingerprint density at radius 1 is 1.05 bits per heavy atom. The molecule has 5 nitrogen and oxygen atoms in total. The van der Waals surface area contributed by atoms with Crippen molar-refractivity contribution in [2.75, 3.05) is 0 Å². The van der Waals surface area contributed by atoms with Gasteiger partial charge >= 0.3 is 5.97 Å². The van der Waals surface area contributed by atoms with Gasteiger partial charge in [0.2, 0.25) is 0 Å². The second-order valence-corrected chi connectivity index (χ2v) is 4.52. The lowest BCUT2D eigenvalue weighted by atomic mass is 10.1. The quantitative estimate of drug-likeness (QED) is 0.865. The average molecular weight is 300 g/mol. The van der Waals surface area contributed by atoms with E-state index in [2.05, 4.69) is 0 Å². The smallest absolute Gasteiger partial charge is 0.331 e. The summed E-state index contributed by atoms with van der Waals surface area (Å²) in [5.41, 5.74) is 0.285. The number of rotatable bonds is 3. The lowest BCUT2D eigenvalue weighted by Gasteiger charge is -2.22. The van der Waals surface area contributed by atoms with Crippen LogP contribution in [-0.2, 0) is 14.4 Å². The van der Waals surface area contributed by atoms with E-state index in [1.54, 1.807) is 18.2 Å². The van der Waals surface area contributed by atoms with Gasteiger partial charge in [0.05, 0.1) is 0 Å². The van der Waals surface area contributed by atoms with E-state index >= 15 is 0 Å². The summed E-state index contributed by atoms with van der Waals surface area (Å²) in [6, 6.07) is 6.44. The molecule has 1 atom stereocenters.